The highest BCUT2D eigenvalue weighted by atomic mass is 35.5. The first-order chi connectivity index (χ1) is 8.99. The Morgan fingerprint density at radius 1 is 1.37 bits per heavy atom. The van der Waals surface area contributed by atoms with Crippen LogP contribution in [0.3, 0.4) is 0 Å². The zero-order chi connectivity index (χ0) is 14.0. The lowest BCUT2D eigenvalue weighted by atomic mass is 10.2. The van der Waals surface area contributed by atoms with E-state index in [0.717, 1.165) is 17.9 Å². The van der Waals surface area contributed by atoms with E-state index in [4.69, 9.17) is 21.1 Å². The third kappa shape index (κ3) is 2.77. The maximum Gasteiger partial charge on any atom is 0.338 e. The number of rotatable bonds is 3. The molecular weight excluding hydrogens is 270 g/mol. The minimum absolute atomic E-state index is 0.0824. The number of aromatic carboxylic acids is 1. The molecule has 2 rings (SSSR count). The minimum atomic E-state index is -1.16. The van der Waals surface area contributed by atoms with E-state index in [0.29, 0.717) is 10.7 Å². The standard InChI is InChI=1S/C13H10ClNO4/c1-7-3-2-4-9(14)11(7)15-12(16)10-5-8(6-19-10)13(17)18/h2-6H,1H3,(H,15,16)(H,17,18). The molecule has 6 heteroatoms. The van der Waals surface area contributed by atoms with Crippen LogP contribution < -0.4 is 5.32 Å². The molecule has 19 heavy (non-hydrogen) atoms. The van der Waals surface area contributed by atoms with Gasteiger partial charge >= 0.3 is 5.97 Å². The summed E-state index contributed by atoms with van der Waals surface area (Å²) in [6, 6.07) is 6.37. The molecule has 1 aromatic heterocycles. The Hall–Kier alpha value is -2.27. The molecule has 0 saturated carbocycles. The van der Waals surface area contributed by atoms with Crippen LogP contribution in [0.5, 0.6) is 0 Å². The van der Waals surface area contributed by atoms with Crippen LogP contribution in [0.25, 0.3) is 0 Å². The number of carboxylic acid groups (broad SMARTS) is 1. The predicted octanol–water partition coefficient (Wildman–Crippen LogP) is 3.19. The van der Waals surface area contributed by atoms with Crippen molar-refractivity contribution in [1.29, 1.82) is 0 Å². The van der Waals surface area contributed by atoms with E-state index in [2.05, 4.69) is 5.32 Å². The molecule has 1 amide bonds. The number of carbonyl (C=O) groups is 2. The summed E-state index contributed by atoms with van der Waals surface area (Å²) < 4.78 is 4.90. The van der Waals surface area contributed by atoms with E-state index in [1.807, 2.05) is 0 Å². The first-order valence-electron chi connectivity index (χ1n) is 5.37. The molecule has 0 atom stereocenters. The van der Waals surface area contributed by atoms with Gasteiger partial charge in [0.1, 0.15) is 6.26 Å². The molecule has 1 heterocycles. The lowest BCUT2D eigenvalue weighted by Gasteiger charge is -2.08. The van der Waals surface area contributed by atoms with Crippen LogP contribution in [0.4, 0.5) is 5.69 Å². The van der Waals surface area contributed by atoms with Crippen LogP contribution >= 0.6 is 11.6 Å². The van der Waals surface area contributed by atoms with E-state index >= 15 is 0 Å². The Bertz CT molecular complexity index is 628. The van der Waals surface area contributed by atoms with Crippen LogP contribution in [0.1, 0.15) is 26.5 Å². The average molecular weight is 280 g/mol. The number of hydrogen-bond donors (Lipinski definition) is 2. The van der Waals surface area contributed by atoms with Crippen molar-refractivity contribution in [2.75, 3.05) is 5.32 Å². The minimum Gasteiger partial charge on any atom is -0.478 e. The van der Waals surface area contributed by atoms with Gasteiger partial charge in [0, 0.05) is 6.07 Å². The summed E-state index contributed by atoms with van der Waals surface area (Å²) in [5.41, 5.74) is 1.19. The average Bonchev–Trinajstić information content (AvgIpc) is 2.83. The number of para-hydroxylation sites is 1. The number of nitrogens with one attached hydrogen (secondary N) is 1. The zero-order valence-electron chi connectivity index (χ0n) is 9.94. The monoisotopic (exact) mass is 279 g/mol. The molecule has 5 nitrogen and oxygen atoms in total. The highest BCUT2D eigenvalue weighted by Crippen LogP contribution is 2.25. The van der Waals surface area contributed by atoms with Crippen molar-refractivity contribution < 1.29 is 19.1 Å². The second kappa shape index (κ2) is 5.16. The van der Waals surface area contributed by atoms with Gasteiger partial charge in [-0.2, -0.15) is 0 Å². The predicted molar refractivity (Wildman–Crippen MR) is 69.8 cm³/mol. The number of benzene rings is 1. The molecule has 0 spiro atoms. The number of carbonyl (C=O) groups excluding carboxylic acids is 1. The van der Waals surface area contributed by atoms with Crippen molar-refractivity contribution in [3.63, 3.8) is 0 Å². The van der Waals surface area contributed by atoms with Gasteiger partial charge in [-0.15, -0.1) is 0 Å². The molecule has 2 aromatic rings. The number of hydrogen-bond acceptors (Lipinski definition) is 3. The number of carboxylic acids is 1. The maximum absolute atomic E-state index is 11.9. The highest BCUT2D eigenvalue weighted by molar-refractivity contribution is 6.34. The van der Waals surface area contributed by atoms with Gasteiger partial charge in [-0.05, 0) is 18.6 Å². The summed E-state index contributed by atoms with van der Waals surface area (Å²) in [4.78, 5) is 22.6. The third-order valence-electron chi connectivity index (χ3n) is 2.53. The van der Waals surface area contributed by atoms with Gasteiger partial charge in [-0.1, -0.05) is 23.7 Å². The quantitative estimate of drug-likeness (QED) is 0.904. The molecule has 0 fully saturated rings. The lowest BCUT2D eigenvalue weighted by Crippen LogP contribution is -2.12. The zero-order valence-corrected chi connectivity index (χ0v) is 10.7. The SMILES string of the molecule is Cc1cccc(Cl)c1NC(=O)c1cc(C(=O)O)co1. The van der Waals surface area contributed by atoms with Crippen molar-refractivity contribution in [1.82, 2.24) is 0 Å². The summed E-state index contributed by atoms with van der Waals surface area (Å²) in [6.07, 6.45) is 1.01. The second-order valence-corrected chi connectivity index (χ2v) is 4.30. The number of aryl methyl sites for hydroxylation is 1. The first-order valence-corrected chi connectivity index (χ1v) is 5.75. The Morgan fingerprint density at radius 2 is 2.11 bits per heavy atom. The fourth-order valence-electron chi connectivity index (χ4n) is 1.53. The second-order valence-electron chi connectivity index (χ2n) is 3.89. The molecular formula is C13H10ClNO4. The number of anilines is 1. The summed E-state index contributed by atoms with van der Waals surface area (Å²) in [7, 11) is 0. The van der Waals surface area contributed by atoms with Crippen LogP contribution in [0.15, 0.2) is 34.9 Å². The summed E-state index contributed by atoms with van der Waals surface area (Å²) >= 11 is 5.98. The van der Waals surface area contributed by atoms with Crippen molar-refractivity contribution in [2.45, 2.75) is 6.92 Å². The third-order valence-corrected chi connectivity index (χ3v) is 2.85. The summed E-state index contributed by atoms with van der Waals surface area (Å²) in [6.45, 7) is 1.80. The lowest BCUT2D eigenvalue weighted by molar-refractivity contribution is 0.0696. The van der Waals surface area contributed by atoms with Crippen molar-refractivity contribution >= 4 is 29.2 Å². The number of furan rings is 1. The maximum atomic E-state index is 11.9. The molecule has 0 saturated heterocycles. The number of halogens is 1. The molecule has 0 unspecified atom stereocenters. The van der Waals surface area contributed by atoms with E-state index in [-0.39, 0.29) is 11.3 Å². The fourth-order valence-corrected chi connectivity index (χ4v) is 1.80. The van der Waals surface area contributed by atoms with Gasteiger partial charge in [-0.25, -0.2) is 4.79 Å². The van der Waals surface area contributed by atoms with Gasteiger partial charge in [0.25, 0.3) is 5.91 Å². The molecule has 98 valence electrons. The first kappa shape index (κ1) is 13.2. The molecule has 0 aliphatic carbocycles. The van der Waals surface area contributed by atoms with Crippen LogP contribution in [0, 0.1) is 6.92 Å². The van der Waals surface area contributed by atoms with E-state index < -0.39 is 11.9 Å². The highest BCUT2D eigenvalue weighted by Gasteiger charge is 2.16. The van der Waals surface area contributed by atoms with E-state index in [1.165, 1.54) is 0 Å². The van der Waals surface area contributed by atoms with E-state index in [9.17, 15) is 9.59 Å². The topological polar surface area (TPSA) is 79.5 Å². The van der Waals surface area contributed by atoms with E-state index in [1.54, 1.807) is 25.1 Å². The summed E-state index contributed by atoms with van der Waals surface area (Å²) in [5.74, 6) is -1.79. The Kier molecular flexibility index (Phi) is 3.57. The molecule has 1 aromatic carbocycles. The largest absolute Gasteiger partial charge is 0.478 e. The van der Waals surface area contributed by atoms with Gasteiger partial charge < -0.3 is 14.8 Å². The van der Waals surface area contributed by atoms with Crippen molar-refractivity contribution in [2.24, 2.45) is 0 Å². The molecule has 0 aliphatic rings. The van der Waals surface area contributed by atoms with Crippen LogP contribution in [0.2, 0.25) is 5.02 Å². The van der Waals surface area contributed by atoms with Gasteiger partial charge in [0.15, 0.2) is 5.76 Å². The Morgan fingerprint density at radius 3 is 2.68 bits per heavy atom. The molecule has 0 radical (unpaired) electrons. The van der Waals surface area contributed by atoms with Crippen LogP contribution in [-0.2, 0) is 0 Å². The molecule has 2 N–H and O–H groups in total. The van der Waals surface area contributed by atoms with Crippen molar-refractivity contribution in [3.05, 3.63) is 52.4 Å². The normalized spacial score (nSPS) is 10.2. The van der Waals surface area contributed by atoms with Gasteiger partial charge in [0.2, 0.25) is 0 Å². The Labute approximate surface area is 113 Å². The number of amides is 1. The van der Waals surface area contributed by atoms with Gasteiger partial charge in [-0.3, -0.25) is 4.79 Å². The smallest absolute Gasteiger partial charge is 0.338 e. The van der Waals surface area contributed by atoms with Crippen molar-refractivity contribution in [3.8, 4) is 0 Å². The fraction of sp³-hybridized carbons (Fsp3) is 0.0769. The summed E-state index contributed by atoms with van der Waals surface area (Å²) in [5, 5.41) is 11.7. The molecule has 0 bridgehead atoms. The van der Waals surface area contributed by atoms with Gasteiger partial charge in [0.05, 0.1) is 16.3 Å². The van der Waals surface area contributed by atoms with Crippen LogP contribution in [-0.4, -0.2) is 17.0 Å². The molecule has 0 aliphatic heterocycles. The Balaban J connectivity index is 2.23.